The normalized spacial score (nSPS) is 21.5. The van der Waals surface area contributed by atoms with Crippen molar-refractivity contribution in [1.82, 2.24) is 14.9 Å². The van der Waals surface area contributed by atoms with Gasteiger partial charge in [-0.25, -0.2) is 4.98 Å². The Morgan fingerprint density at radius 3 is 2.52 bits per heavy atom. The topological polar surface area (TPSA) is 87.6 Å². The molecule has 3 aromatic rings. The average Bonchev–Trinajstić information content (AvgIpc) is 3.29. The van der Waals surface area contributed by atoms with E-state index in [-0.39, 0.29) is 28.1 Å². The third kappa shape index (κ3) is 4.42. The van der Waals surface area contributed by atoms with E-state index >= 15 is 0 Å². The first-order valence-electron chi connectivity index (χ1n) is 11.3. The predicted molar refractivity (Wildman–Crippen MR) is 131 cm³/mol. The highest BCUT2D eigenvalue weighted by Crippen LogP contribution is 2.37. The number of pyridine rings is 2. The molecule has 2 aliphatic rings. The molecule has 0 saturated heterocycles. The Hall–Kier alpha value is -2.71. The number of benzene rings is 1. The number of aromatic nitrogens is 2. The lowest BCUT2D eigenvalue weighted by Crippen LogP contribution is -2.38. The molecule has 0 spiro atoms. The molecule has 1 amide bonds. The fraction of sp³-hybridized carbons (Fsp3) is 0.400. The number of anilines is 1. The van der Waals surface area contributed by atoms with E-state index in [1.54, 1.807) is 12.1 Å². The van der Waals surface area contributed by atoms with E-state index in [0.29, 0.717) is 23.0 Å². The van der Waals surface area contributed by atoms with Crippen LogP contribution in [0.15, 0.2) is 42.6 Å². The number of carbonyl (C=O) groups is 1. The van der Waals surface area contributed by atoms with Crippen LogP contribution in [0.1, 0.15) is 36.8 Å². The van der Waals surface area contributed by atoms with Crippen molar-refractivity contribution < 1.29 is 14.6 Å². The number of carbonyl (C=O) groups excluding carboxylic acids is 1. The first-order chi connectivity index (χ1) is 16.0. The maximum absolute atomic E-state index is 13.0. The predicted octanol–water partition coefficient (Wildman–Crippen LogP) is 4.62. The number of amides is 1. The van der Waals surface area contributed by atoms with Crippen LogP contribution in [0.4, 0.5) is 5.69 Å². The summed E-state index contributed by atoms with van der Waals surface area (Å²) in [5, 5.41) is 13.5. The summed E-state index contributed by atoms with van der Waals surface area (Å²) >= 11 is 3.62. The van der Waals surface area contributed by atoms with Gasteiger partial charge in [0, 0.05) is 25.2 Å². The number of hydrogen-bond donors (Lipinski definition) is 2. The van der Waals surface area contributed by atoms with E-state index in [1.165, 1.54) is 24.4 Å². The number of rotatable bonds is 5. The van der Waals surface area contributed by atoms with E-state index in [9.17, 15) is 9.90 Å². The summed E-state index contributed by atoms with van der Waals surface area (Å²) in [5.41, 5.74) is 3.96. The van der Waals surface area contributed by atoms with Gasteiger partial charge in [0.15, 0.2) is 5.75 Å². The average molecular weight is 511 g/mol. The molecule has 33 heavy (non-hydrogen) atoms. The largest absolute Gasteiger partial charge is 0.504 e. The summed E-state index contributed by atoms with van der Waals surface area (Å²) in [5.74, 6) is 0.343. The molecule has 3 heterocycles. The van der Waals surface area contributed by atoms with Crippen LogP contribution in [0.2, 0.25) is 0 Å². The second kappa shape index (κ2) is 9.27. The van der Waals surface area contributed by atoms with Gasteiger partial charge in [0.1, 0.15) is 11.2 Å². The Labute approximate surface area is 201 Å². The van der Waals surface area contributed by atoms with Crippen molar-refractivity contribution >= 4 is 38.6 Å². The standard InChI is InChI=1S/C25H27BrN4O3/c1-33-21-11-10-19-23(29-21)24(31)20(12-27-19)28-25(32)22(26)15-6-8-18(9-7-15)30-13-16-4-2-3-5-17(16)14-30/h2-5,10-12,15,18,22H,6-9,13-14H2,1H3,(H,27,31)(H,28,32). The van der Waals surface area contributed by atoms with E-state index in [4.69, 9.17) is 4.74 Å². The lowest BCUT2D eigenvalue weighted by atomic mass is 9.83. The van der Waals surface area contributed by atoms with Crippen LogP contribution in [0, 0.1) is 5.92 Å². The second-order valence-electron chi connectivity index (χ2n) is 8.88. The minimum absolute atomic E-state index is 0.107. The fourth-order valence-electron chi connectivity index (χ4n) is 5.03. The monoisotopic (exact) mass is 510 g/mol. The number of aromatic hydroxyl groups is 1. The van der Waals surface area contributed by atoms with Crippen molar-refractivity contribution in [2.75, 3.05) is 12.4 Å². The Bertz CT molecular complexity index is 1150. The quantitative estimate of drug-likeness (QED) is 0.487. The van der Waals surface area contributed by atoms with Gasteiger partial charge < -0.3 is 15.2 Å². The molecule has 0 bridgehead atoms. The maximum Gasteiger partial charge on any atom is 0.238 e. The molecule has 5 rings (SSSR count). The molecule has 1 aliphatic heterocycles. The molecule has 1 aliphatic carbocycles. The van der Waals surface area contributed by atoms with Crippen molar-refractivity contribution in [3.8, 4) is 11.6 Å². The van der Waals surface area contributed by atoms with Gasteiger partial charge >= 0.3 is 0 Å². The van der Waals surface area contributed by atoms with Gasteiger partial charge in [0.25, 0.3) is 0 Å². The molecular weight excluding hydrogens is 484 g/mol. The van der Waals surface area contributed by atoms with Crippen molar-refractivity contribution in [1.29, 1.82) is 0 Å². The smallest absolute Gasteiger partial charge is 0.238 e. The van der Waals surface area contributed by atoms with Gasteiger partial charge in [-0.1, -0.05) is 40.2 Å². The van der Waals surface area contributed by atoms with Crippen LogP contribution < -0.4 is 10.1 Å². The van der Waals surface area contributed by atoms with E-state index in [2.05, 4.69) is 60.4 Å². The van der Waals surface area contributed by atoms with E-state index in [1.807, 2.05) is 0 Å². The molecule has 0 radical (unpaired) electrons. The third-order valence-corrected chi connectivity index (χ3v) is 8.08. The summed E-state index contributed by atoms with van der Waals surface area (Å²) in [7, 11) is 1.51. The fourth-order valence-corrected chi connectivity index (χ4v) is 5.68. The van der Waals surface area contributed by atoms with Gasteiger partial charge in [0.2, 0.25) is 11.8 Å². The Morgan fingerprint density at radius 1 is 1.15 bits per heavy atom. The number of methoxy groups -OCH3 is 1. The Kier molecular flexibility index (Phi) is 6.21. The number of nitrogens with one attached hydrogen (secondary N) is 1. The van der Waals surface area contributed by atoms with E-state index < -0.39 is 0 Å². The van der Waals surface area contributed by atoms with Crippen molar-refractivity contribution in [3.63, 3.8) is 0 Å². The summed E-state index contributed by atoms with van der Waals surface area (Å²) in [4.78, 5) is 23.8. The molecule has 7 nitrogen and oxygen atoms in total. The van der Waals surface area contributed by atoms with Crippen molar-refractivity contribution in [3.05, 3.63) is 53.7 Å². The SMILES string of the molecule is COc1ccc2ncc(NC(=O)C(Br)C3CCC(N4Cc5ccccc5C4)CC3)c(O)c2n1. The molecular formula is C25H27BrN4O3. The number of alkyl halides is 1. The van der Waals surface area contributed by atoms with Gasteiger partial charge in [0.05, 0.1) is 23.7 Å². The maximum atomic E-state index is 13.0. The number of halogens is 1. The van der Waals surface area contributed by atoms with Crippen LogP contribution >= 0.6 is 15.9 Å². The van der Waals surface area contributed by atoms with Gasteiger partial charge in [-0.15, -0.1) is 0 Å². The van der Waals surface area contributed by atoms with Crippen LogP contribution in [0.5, 0.6) is 11.6 Å². The molecule has 1 aromatic carbocycles. The lowest BCUT2D eigenvalue weighted by Gasteiger charge is -2.35. The second-order valence-corrected chi connectivity index (χ2v) is 9.86. The molecule has 1 atom stereocenters. The minimum atomic E-state index is -0.331. The van der Waals surface area contributed by atoms with Gasteiger partial charge in [-0.2, -0.15) is 0 Å². The number of hydrogen-bond acceptors (Lipinski definition) is 6. The zero-order valence-electron chi connectivity index (χ0n) is 18.5. The number of fused-ring (bicyclic) bond motifs is 2. The first-order valence-corrected chi connectivity index (χ1v) is 12.2. The van der Waals surface area contributed by atoms with Crippen LogP contribution in [-0.2, 0) is 17.9 Å². The molecule has 172 valence electrons. The lowest BCUT2D eigenvalue weighted by molar-refractivity contribution is -0.116. The Balaban J connectivity index is 1.20. The van der Waals surface area contributed by atoms with Gasteiger partial charge in [-0.3, -0.25) is 14.7 Å². The minimum Gasteiger partial charge on any atom is -0.504 e. The molecule has 1 unspecified atom stereocenters. The molecule has 2 N–H and O–H groups in total. The van der Waals surface area contributed by atoms with Crippen LogP contribution in [0.25, 0.3) is 11.0 Å². The zero-order valence-corrected chi connectivity index (χ0v) is 20.1. The number of ether oxygens (including phenoxy) is 1. The van der Waals surface area contributed by atoms with Crippen LogP contribution in [0.3, 0.4) is 0 Å². The van der Waals surface area contributed by atoms with Crippen LogP contribution in [-0.4, -0.2) is 43.9 Å². The Morgan fingerprint density at radius 2 is 1.85 bits per heavy atom. The highest BCUT2D eigenvalue weighted by Gasteiger charge is 2.34. The molecule has 1 saturated carbocycles. The van der Waals surface area contributed by atoms with Gasteiger partial charge in [-0.05, 0) is 48.8 Å². The molecule has 1 fully saturated rings. The summed E-state index contributed by atoms with van der Waals surface area (Å²) in [6.07, 6.45) is 5.61. The molecule has 8 heteroatoms. The summed E-state index contributed by atoms with van der Waals surface area (Å²) < 4.78 is 5.13. The summed E-state index contributed by atoms with van der Waals surface area (Å²) in [6, 6.07) is 12.6. The highest BCUT2D eigenvalue weighted by molar-refractivity contribution is 9.10. The third-order valence-electron chi connectivity index (χ3n) is 6.91. The molecule has 2 aromatic heterocycles. The van der Waals surface area contributed by atoms with Crippen molar-refractivity contribution in [2.45, 2.75) is 49.6 Å². The number of nitrogens with zero attached hydrogens (tertiary/aromatic N) is 3. The highest BCUT2D eigenvalue weighted by atomic mass is 79.9. The van der Waals surface area contributed by atoms with E-state index in [0.717, 1.165) is 38.8 Å². The first kappa shape index (κ1) is 22.1. The zero-order chi connectivity index (χ0) is 22.9. The summed E-state index contributed by atoms with van der Waals surface area (Å²) in [6.45, 7) is 2.05. The van der Waals surface area contributed by atoms with Crippen molar-refractivity contribution in [2.24, 2.45) is 5.92 Å².